The van der Waals surface area contributed by atoms with E-state index in [9.17, 15) is 9.59 Å². The second kappa shape index (κ2) is 6.07. The standard InChI is InChI=1S/C12H15N5O4/c1-16(7-10(18)13-9-4-5-21-15-9)12(19)8-6-17(2)14-11(8)20-3/h4-6H,7H2,1-3H3,(H,13,15,18). The number of hydrogen-bond acceptors (Lipinski definition) is 6. The first-order chi connectivity index (χ1) is 10.0. The summed E-state index contributed by atoms with van der Waals surface area (Å²) in [6.45, 7) is -0.135. The largest absolute Gasteiger partial charge is 0.479 e. The Kier molecular flexibility index (Phi) is 4.21. The van der Waals surface area contributed by atoms with Gasteiger partial charge in [-0.25, -0.2) is 0 Å². The Morgan fingerprint density at radius 3 is 2.90 bits per heavy atom. The fraction of sp³-hybridized carbons (Fsp3) is 0.333. The van der Waals surface area contributed by atoms with Gasteiger partial charge < -0.3 is 19.5 Å². The van der Waals surface area contributed by atoms with Crippen molar-refractivity contribution in [2.45, 2.75) is 0 Å². The van der Waals surface area contributed by atoms with E-state index in [-0.39, 0.29) is 29.8 Å². The number of aryl methyl sites for hydroxylation is 1. The molecule has 0 atom stereocenters. The third-order valence-corrected chi connectivity index (χ3v) is 2.65. The second-order valence-electron chi connectivity index (χ2n) is 4.32. The van der Waals surface area contributed by atoms with E-state index in [4.69, 9.17) is 4.74 Å². The van der Waals surface area contributed by atoms with Crippen molar-refractivity contribution in [2.24, 2.45) is 7.05 Å². The Bertz CT molecular complexity index is 634. The Labute approximate surface area is 120 Å². The van der Waals surface area contributed by atoms with Crippen LogP contribution in [0.5, 0.6) is 5.88 Å². The van der Waals surface area contributed by atoms with E-state index in [1.165, 1.54) is 42.3 Å². The molecule has 2 aromatic rings. The average molecular weight is 293 g/mol. The van der Waals surface area contributed by atoms with Crippen LogP contribution >= 0.6 is 0 Å². The lowest BCUT2D eigenvalue weighted by molar-refractivity contribution is -0.116. The van der Waals surface area contributed by atoms with Crippen LogP contribution in [-0.2, 0) is 11.8 Å². The molecule has 0 radical (unpaired) electrons. The second-order valence-corrected chi connectivity index (χ2v) is 4.32. The molecule has 112 valence electrons. The van der Waals surface area contributed by atoms with Gasteiger partial charge in [0.25, 0.3) is 5.91 Å². The number of carbonyl (C=O) groups excluding carboxylic acids is 2. The number of anilines is 1. The van der Waals surface area contributed by atoms with Crippen LogP contribution in [0.25, 0.3) is 0 Å². The molecule has 0 aliphatic heterocycles. The summed E-state index contributed by atoms with van der Waals surface area (Å²) in [5, 5.41) is 10.1. The molecule has 21 heavy (non-hydrogen) atoms. The van der Waals surface area contributed by atoms with Crippen LogP contribution in [0.15, 0.2) is 23.0 Å². The minimum atomic E-state index is -0.386. The van der Waals surface area contributed by atoms with Gasteiger partial charge in [-0.2, -0.15) is 0 Å². The molecule has 0 spiro atoms. The van der Waals surface area contributed by atoms with Crippen molar-refractivity contribution in [1.82, 2.24) is 19.8 Å². The first-order valence-corrected chi connectivity index (χ1v) is 6.04. The number of likely N-dealkylation sites (N-methyl/N-ethyl adjacent to an activating group) is 1. The molecule has 1 N–H and O–H groups in total. The van der Waals surface area contributed by atoms with E-state index < -0.39 is 0 Å². The molecule has 2 heterocycles. The lowest BCUT2D eigenvalue weighted by Gasteiger charge is -2.15. The number of rotatable bonds is 5. The van der Waals surface area contributed by atoms with Gasteiger partial charge in [0.05, 0.1) is 13.7 Å². The van der Waals surface area contributed by atoms with E-state index in [0.717, 1.165) is 0 Å². The van der Waals surface area contributed by atoms with Gasteiger partial charge in [-0.15, -0.1) is 5.10 Å². The van der Waals surface area contributed by atoms with Gasteiger partial charge in [0.1, 0.15) is 11.8 Å². The number of nitrogens with zero attached hydrogens (tertiary/aromatic N) is 4. The maximum absolute atomic E-state index is 12.3. The molecule has 0 aromatic carbocycles. The monoisotopic (exact) mass is 293 g/mol. The van der Waals surface area contributed by atoms with Gasteiger partial charge in [-0.05, 0) is 0 Å². The summed E-state index contributed by atoms with van der Waals surface area (Å²) in [4.78, 5) is 25.3. The van der Waals surface area contributed by atoms with E-state index in [1.54, 1.807) is 7.05 Å². The zero-order valence-corrected chi connectivity index (χ0v) is 11.9. The molecule has 2 amide bonds. The highest BCUT2D eigenvalue weighted by molar-refractivity contribution is 6.00. The zero-order chi connectivity index (χ0) is 15.4. The predicted octanol–water partition coefficient (Wildman–Crippen LogP) is 0.127. The molecule has 0 aliphatic carbocycles. The molecule has 0 aliphatic rings. The molecule has 0 fully saturated rings. The minimum Gasteiger partial charge on any atom is -0.479 e. The van der Waals surface area contributed by atoms with Crippen LogP contribution in [0.4, 0.5) is 5.82 Å². The molecule has 0 saturated heterocycles. The lowest BCUT2D eigenvalue weighted by Crippen LogP contribution is -2.35. The third kappa shape index (κ3) is 3.38. The summed E-state index contributed by atoms with van der Waals surface area (Å²) in [5.74, 6) is -0.246. The zero-order valence-electron chi connectivity index (χ0n) is 11.9. The van der Waals surface area contributed by atoms with Crippen LogP contribution in [0.3, 0.4) is 0 Å². The SMILES string of the molecule is COc1nn(C)cc1C(=O)N(C)CC(=O)Nc1ccon1. The van der Waals surface area contributed by atoms with Gasteiger partial charge in [0, 0.05) is 26.4 Å². The summed E-state index contributed by atoms with van der Waals surface area (Å²) in [5.41, 5.74) is 0.289. The highest BCUT2D eigenvalue weighted by Crippen LogP contribution is 2.16. The van der Waals surface area contributed by atoms with Gasteiger partial charge in [0.2, 0.25) is 11.8 Å². The van der Waals surface area contributed by atoms with Crippen LogP contribution in [0.2, 0.25) is 0 Å². The van der Waals surface area contributed by atoms with Gasteiger partial charge in [0.15, 0.2) is 5.82 Å². The smallest absolute Gasteiger partial charge is 0.261 e. The highest BCUT2D eigenvalue weighted by atomic mass is 16.5. The molecule has 2 rings (SSSR count). The number of ether oxygens (including phenoxy) is 1. The van der Waals surface area contributed by atoms with Crippen molar-refractivity contribution in [2.75, 3.05) is 26.0 Å². The van der Waals surface area contributed by atoms with E-state index in [0.29, 0.717) is 5.82 Å². The van der Waals surface area contributed by atoms with Crippen LogP contribution < -0.4 is 10.1 Å². The Morgan fingerprint density at radius 1 is 1.52 bits per heavy atom. The van der Waals surface area contributed by atoms with Crippen LogP contribution in [-0.4, -0.2) is 52.4 Å². The van der Waals surface area contributed by atoms with Crippen LogP contribution in [0, 0.1) is 0 Å². The molecule has 0 unspecified atom stereocenters. The maximum Gasteiger partial charge on any atom is 0.261 e. The fourth-order valence-electron chi connectivity index (χ4n) is 1.72. The van der Waals surface area contributed by atoms with E-state index >= 15 is 0 Å². The quantitative estimate of drug-likeness (QED) is 0.840. The highest BCUT2D eigenvalue weighted by Gasteiger charge is 2.21. The van der Waals surface area contributed by atoms with Gasteiger partial charge >= 0.3 is 0 Å². The molecule has 9 nitrogen and oxygen atoms in total. The van der Waals surface area contributed by atoms with E-state index in [2.05, 4.69) is 20.1 Å². The third-order valence-electron chi connectivity index (χ3n) is 2.65. The average Bonchev–Trinajstić information content (AvgIpc) is 3.06. The van der Waals surface area contributed by atoms with Crippen molar-refractivity contribution in [3.63, 3.8) is 0 Å². The molecular formula is C12H15N5O4. The molecule has 0 bridgehead atoms. The minimum absolute atomic E-state index is 0.135. The summed E-state index contributed by atoms with van der Waals surface area (Å²) in [6, 6.07) is 1.50. The van der Waals surface area contributed by atoms with Crippen molar-refractivity contribution in [3.8, 4) is 5.88 Å². The summed E-state index contributed by atoms with van der Waals surface area (Å²) < 4.78 is 11.1. The number of methoxy groups -OCH3 is 1. The Morgan fingerprint density at radius 2 is 2.29 bits per heavy atom. The van der Waals surface area contributed by atoms with Crippen molar-refractivity contribution in [1.29, 1.82) is 0 Å². The van der Waals surface area contributed by atoms with Crippen molar-refractivity contribution >= 4 is 17.6 Å². The molecular weight excluding hydrogens is 278 g/mol. The lowest BCUT2D eigenvalue weighted by atomic mass is 10.3. The molecule has 0 saturated carbocycles. The number of aromatic nitrogens is 3. The van der Waals surface area contributed by atoms with Crippen molar-refractivity contribution < 1.29 is 18.8 Å². The predicted molar refractivity (Wildman–Crippen MR) is 71.9 cm³/mol. The molecule has 9 heteroatoms. The summed E-state index contributed by atoms with van der Waals surface area (Å²) in [7, 11) is 4.62. The summed E-state index contributed by atoms with van der Waals surface area (Å²) in [6.07, 6.45) is 2.87. The number of carbonyl (C=O) groups is 2. The summed E-state index contributed by atoms with van der Waals surface area (Å²) >= 11 is 0. The number of nitrogens with one attached hydrogen (secondary N) is 1. The van der Waals surface area contributed by atoms with Gasteiger partial charge in [-0.3, -0.25) is 14.3 Å². The van der Waals surface area contributed by atoms with Crippen LogP contribution in [0.1, 0.15) is 10.4 Å². The number of hydrogen-bond donors (Lipinski definition) is 1. The normalized spacial score (nSPS) is 10.2. The molecule has 2 aromatic heterocycles. The first-order valence-electron chi connectivity index (χ1n) is 6.04. The maximum atomic E-state index is 12.3. The number of amides is 2. The van der Waals surface area contributed by atoms with Crippen molar-refractivity contribution in [3.05, 3.63) is 24.1 Å². The fourth-order valence-corrected chi connectivity index (χ4v) is 1.72. The Hall–Kier alpha value is -2.84. The first kappa shape index (κ1) is 14.6. The van der Waals surface area contributed by atoms with Gasteiger partial charge in [-0.1, -0.05) is 5.16 Å². The van der Waals surface area contributed by atoms with E-state index in [1.807, 2.05) is 0 Å². The topological polar surface area (TPSA) is 102 Å². The Balaban J connectivity index is 2.00.